The molecule has 0 rings (SSSR count). The van der Waals surface area contributed by atoms with Gasteiger partial charge < -0.3 is 9.11 Å². The molecule has 0 heterocycles. The maximum atomic E-state index is 9.09. The number of rotatable bonds is 1. The van der Waals surface area contributed by atoms with E-state index in [1.54, 1.807) is 0 Å². The van der Waals surface area contributed by atoms with Crippen LogP contribution in [0, 0.1) is 0 Å². The topological polar surface area (TPSA) is 202 Å². The standard InChI is InChI=1S/2Na.H2O4S2.3H2O2/c;;1-5(2)6(3)4;3*1-2/h;;(H,1,2)(H,3,4);3*1-2H/q2*+1;;;;/p-2. The molecule has 0 saturated heterocycles. The molecule has 2 atom stereocenters. The normalized spacial score (nSPS) is 9.71. The summed E-state index contributed by atoms with van der Waals surface area (Å²) in [4.78, 5) is 0. The van der Waals surface area contributed by atoms with Crippen molar-refractivity contribution in [2.75, 3.05) is 0 Å². The van der Waals surface area contributed by atoms with Crippen LogP contribution in [0.2, 0.25) is 0 Å². The predicted molar refractivity (Wildman–Crippen MR) is 33.6 cm³/mol. The number of hydrogen-bond donors (Lipinski definition) is 6. The average molecular weight is 276 g/mol. The molecule has 0 bridgehead atoms. The minimum Gasteiger partial charge on any atom is -0.763 e. The molecule has 0 fully saturated rings. The zero-order valence-electron chi connectivity index (χ0n) is 7.13. The van der Waals surface area contributed by atoms with Crippen LogP contribution in [0.3, 0.4) is 0 Å². The first-order chi connectivity index (χ1) is 5.64. The zero-order chi connectivity index (χ0) is 11.2. The molecule has 10 nitrogen and oxygen atoms in total. The Balaban J connectivity index is -0.0000000175. The van der Waals surface area contributed by atoms with Crippen LogP contribution in [0.15, 0.2) is 0 Å². The van der Waals surface area contributed by atoms with Crippen molar-refractivity contribution >= 4 is 20.2 Å². The summed E-state index contributed by atoms with van der Waals surface area (Å²) in [6.45, 7) is 0. The molecule has 0 amide bonds. The second-order valence-corrected chi connectivity index (χ2v) is 2.86. The molecule has 2 unspecified atom stereocenters. The molecule has 0 aliphatic heterocycles. The minimum atomic E-state index is -2.95. The van der Waals surface area contributed by atoms with E-state index >= 15 is 0 Å². The fraction of sp³-hybridized carbons (Fsp3) is 0. The van der Waals surface area contributed by atoms with Gasteiger partial charge in [-0.25, -0.2) is 0 Å². The molecule has 0 saturated carbocycles. The van der Waals surface area contributed by atoms with Crippen molar-refractivity contribution in [3.8, 4) is 0 Å². The maximum absolute atomic E-state index is 9.09. The second kappa shape index (κ2) is 46.0. The fourth-order valence-electron chi connectivity index (χ4n) is 0. The second-order valence-electron chi connectivity index (χ2n) is 0.408. The van der Waals surface area contributed by atoms with Crippen molar-refractivity contribution in [2.45, 2.75) is 0 Å². The van der Waals surface area contributed by atoms with E-state index in [-0.39, 0.29) is 59.1 Å². The van der Waals surface area contributed by atoms with Gasteiger partial charge in [0.05, 0.1) is 0 Å². The van der Waals surface area contributed by atoms with Crippen molar-refractivity contribution in [3.05, 3.63) is 0 Å². The summed E-state index contributed by atoms with van der Waals surface area (Å²) in [7, 11) is -5.90. The van der Waals surface area contributed by atoms with Gasteiger partial charge in [0.25, 0.3) is 0 Å². The van der Waals surface area contributed by atoms with Gasteiger partial charge >= 0.3 is 59.1 Å². The molecule has 0 aliphatic carbocycles. The quantitative estimate of drug-likeness (QED) is 0.0877. The third-order valence-electron chi connectivity index (χ3n) is 0.111. The van der Waals surface area contributed by atoms with Crippen LogP contribution in [-0.2, 0) is 20.2 Å². The first-order valence-corrected chi connectivity index (χ1v) is 4.10. The average Bonchev–Trinajstić information content (AvgIpc) is 2.14. The van der Waals surface area contributed by atoms with Crippen molar-refractivity contribution in [2.24, 2.45) is 0 Å². The van der Waals surface area contributed by atoms with E-state index in [1.165, 1.54) is 0 Å². The zero-order valence-corrected chi connectivity index (χ0v) is 12.8. The van der Waals surface area contributed by atoms with Gasteiger partial charge in [-0.15, -0.1) is 0 Å². The first kappa shape index (κ1) is 36.0. The summed E-state index contributed by atoms with van der Waals surface area (Å²) in [6, 6.07) is 0. The van der Waals surface area contributed by atoms with Crippen LogP contribution in [0.4, 0.5) is 0 Å². The minimum absolute atomic E-state index is 0. The summed E-state index contributed by atoms with van der Waals surface area (Å²) in [5.74, 6) is 0. The van der Waals surface area contributed by atoms with Crippen LogP contribution in [0.1, 0.15) is 0 Å². The molecular formula is H6Na2O10S2. The van der Waals surface area contributed by atoms with Gasteiger partial charge in [0.1, 0.15) is 0 Å². The van der Waals surface area contributed by atoms with Gasteiger partial charge in [0.15, 0.2) is 0 Å². The molecule has 80 valence electrons. The molecule has 0 aliphatic rings. The Morgan fingerprint density at radius 2 is 0.714 bits per heavy atom. The van der Waals surface area contributed by atoms with E-state index in [4.69, 9.17) is 49.1 Å². The Kier molecular flexibility index (Phi) is 118. The maximum Gasteiger partial charge on any atom is 1.00 e. The third-order valence-corrected chi connectivity index (χ3v) is 1.00. The van der Waals surface area contributed by atoms with Crippen LogP contribution in [-0.4, -0.2) is 49.1 Å². The van der Waals surface area contributed by atoms with Crippen molar-refractivity contribution in [1.82, 2.24) is 0 Å². The Labute approximate surface area is 127 Å². The Morgan fingerprint density at radius 1 is 0.643 bits per heavy atom. The largest absolute Gasteiger partial charge is 1.00 e. The van der Waals surface area contributed by atoms with E-state index in [0.29, 0.717) is 0 Å². The molecule has 14 heavy (non-hydrogen) atoms. The number of hydrogen-bond acceptors (Lipinski definition) is 10. The van der Waals surface area contributed by atoms with Crippen LogP contribution in [0.5, 0.6) is 0 Å². The molecule has 0 aromatic rings. The summed E-state index contributed by atoms with van der Waals surface area (Å²) in [6.07, 6.45) is 0. The van der Waals surface area contributed by atoms with Crippen molar-refractivity contribution in [1.29, 1.82) is 0 Å². The fourth-order valence-corrected chi connectivity index (χ4v) is 0. The SMILES string of the molecule is O=S([O-])S(=O)[O-].OO.OO.OO.[Na+].[Na+]. The van der Waals surface area contributed by atoms with Gasteiger partial charge in [0.2, 0.25) is 0 Å². The first-order valence-electron chi connectivity index (χ1n) is 1.43. The van der Waals surface area contributed by atoms with E-state index in [0.717, 1.165) is 0 Å². The smallest absolute Gasteiger partial charge is 0.763 e. The molecule has 0 aromatic heterocycles. The van der Waals surface area contributed by atoms with E-state index < -0.39 is 20.2 Å². The summed E-state index contributed by atoms with van der Waals surface area (Å²) < 4.78 is 36.3. The van der Waals surface area contributed by atoms with Gasteiger partial charge in [-0.3, -0.25) is 40.0 Å². The molecular weight excluding hydrogens is 270 g/mol. The van der Waals surface area contributed by atoms with Gasteiger partial charge in [-0.05, 0) is 0 Å². The monoisotopic (exact) mass is 276 g/mol. The Hall–Kier alpha value is 1.98. The predicted octanol–water partition coefficient (Wildman–Crippen LogP) is -7.28. The van der Waals surface area contributed by atoms with E-state index in [9.17, 15) is 0 Å². The summed E-state index contributed by atoms with van der Waals surface area (Å²) >= 11 is 0. The summed E-state index contributed by atoms with van der Waals surface area (Å²) in [5, 5.41) is 36.0. The molecule has 0 aromatic carbocycles. The molecule has 14 heteroatoms. The van der Waals surface area contributed by atoms with Gasteiger partial charge in [-0.2, -0.15) is 0 Å². The van der Waals surface area contributed by atoms with E-state index in [1.807, 2.05) is 0 Å². The van der Waals surface area contributed by atoms with E-state index in [2.05, 4.69) is 0 Å². The Morgan fingerprint density at radius 3 is 0.714 bits per heavy atom. The van der Waals surface area contributed by atoms with Gasteiger partial charge in [0, 0.05) is 20.2 Å². The molecule has 0 spiro atoms. The van der Waals surface area contributed by atoms with Crippen molar-refractivity contribution in [3.63, 3.8) is 0 Å². The van der Waals surface area contributed by atoms with Gasteiger partial charge in [-0.1, -0.05) is 0 Å². The summed E-state index contributed by atoms with van der Waals surface area (Å²) in [5.41, 5.74) is 0. The van der Waals surface area contributed by atoms with Crippen LogP contribution >= 0.6 is 0 Å². The van der Waals surface area contributed by atoms with Crippen LogP contribution < -0.4 is 59.1 Å². The third kappa shape index (κ3) is 65.9. The molecule has 6 N–H and O–H groups in total. The molecule has 0 radical (unpaired) electrons. The van der Waals surface area contributed by atoms with Crippen LogP contribution in [0.25, 0.3) is 0 Å². The Bertz CT molecular complexity index is 82.1. The van der Waals surface area contributed by atoms with Crippen molar-refractivity contribution < 1.29 is 108 Å².